The van der Waals surface area contributed by atoms with Crippen LogP contribution in [0.1, 0.15) is 25.5 Å². The van der Waals surface area contributed by atoms with Crippen molar-refractivity contribution in [3.05, 3.63) is 28.8 Å². The van der Waals surface area contributed by atoms with Crippen LogP contribution in [0, 0.1) is 0 Å². The third kappa shape index (κ3) is 4.58. The Bertz CT molecular complexity index is 421. The lowest BCUT2D eigenvalue weighted by Gasteiger charge is -2.26. The van der Waals surface area contributed by atoms with Crippen molar-refractivity contribution in [1.82, 2.24) is 5.32 Å². The zero-order valence-electron chi connectivity index (χ0n) is 11.2. The van der Waals surface area contributed by atoms with E-state index in [9.17, 15) is 13.2 Å². The molecule has 0 amide bonds. The maximum atomic E-state index is 12.5. The van der Waals surface area contributed by atoms with Crippen molar-refractivity contribution in [2.45, 2.75) is 26.1 Å². The molecule has 2 nitrogen and oxygen atoms in total. The van der Waals surface area contributed by atoms with E-state index in [1.807, 2.05) is 14.0 Å². The number of anilines is 1. The highest BCUT2D eigenvalue weighted by molar-refractivity contribution is 6.33. The van der Waals surface area contributed by atoms with Crippen LogP contribution in [0.4, 0.5) is 18.9 Å². The van der Waals surface area contributed by atoms with Crippen LogP contribution in [0.15, 0.2) is 18.2 Å². The number of alkyl halides is 3. The Labute approximate surface area is 116 Å². The first-order chi connectivity index (χ1) is 8.78. The smallest absolute Gasteiger partial charge is 0.362 e. The van der Waals surface area contributed by atoms with Gasteiger partial charge >= 0.3 is 6.18 Å². The predicted molar refractivity (Wildman–Crippen MR) is 72.9 cm³/mol. The molecule has 0 aliphatic carbocycles. The van der Waals surface area contributed by atoms with Crippen LogP contribution in [0.5, 0.6) is 0 Å². The van der Waals surface area contributed by atoms with E-state index in [0.29, 0.717) is 10.7 Å². The summed E-state index contributed by atoms with van der Waals surface area (Å²) in [6.07, 6.45) is -4.24. The Morgan fingerprint density at radius 3 is 2.42 bits per heavy atom. The summed E-state index contributed by atoms with van der Waals surface area (Å²) in [7, 11) is 1.81. The SMILES string of the molecule is CCN(CC(F)(F)F)c1ccc(C(C)NC)cc1Cl. The number of nitrogens with zero attached hydrogens (tertiary/aromatic N) is 1. The van der Waals surface area contributed by atoms with E-state index in [-0.39, 0.29) is 12.6 Å². The summed E-state index contributed by atoms with van der Waals surface area (Å²) in [6, 6.07) is 5.24. The molecule has 108 valence electrons. The van der Waals surface area contributed by atoms with Crippen LogP contribution < -0.4 is 10.2 Å². The lowest BCUT2D eigenvalue weighted by Crippen LogP contribution is -2.34. The van der Waals surface area contributed by atoms with Gasteiger partial charge in [-0.3, -0.25) is 0 Å². The molecular formula is C13H18ClF3N2. The van der Waals surface area contributed by atoms with Gasteiger partial charge in [-0.15, -0.1) is 0 Å². The standard InChI is InChI=1S/C13H18ClF3N2/c1-4-19(8-13(15,16)17)12-6-5-10(7-11(12)14)9(2)18-3/h5-7,9,18H,4,8H2,1-3H3. The molecule has 1 aromatic rings. The average molecular weight is 295 g/mol. The zero-order chi connectivity index (χ0) is 14.6. The number of nitrogens with one attached hydrogen (secondary N) is 1. The summed E-state index contributed by atoms with van der Waals surface area (Å²) in [5.74, 6) is 0. The molecule has 1 aromatic carbocycles. The first-order valence-electron chi connectivity index (χ1n) is 6.07. The summed E-state index contributed by atoms with van der Waals surface area (Å²) in [5, 5.41) is 3.40. The molecule has 0 radical (unpaired) electrons. The molecule has 0 fully saturated rings. The molecule has 0 aromatic heterocycles. The molecular weight excluding hydrogens is 277 g/mol. The van der Waals surface area contributed by atoms with Gasteiger partial charge in [-0.05, 0) is 38.6 Å². The molecule has 6 heteroatoms. The Morgan fingerprint density at radius 1 is 1.37 bits per heavy atom. The lowest BCUT2D eigenvalue weighted by atomic mass is 10.1. The summed E-state index contributed by atoms with van der Waals surface area (Å²) in [6.45, 7) is 2.88. The number of hydrogen-bond acceptors (Lipinski definition) is 2. The van der Waals surface area contributed by atoms with E-state index in [1.165, 1.54) is 4.90 Å². The van der Waals surface area contributed by atoms with Gasteiger partial charge in [0.05, 0.1) is 10.7 Å². The fourth-order valence-corrected chi connectivity index (χ4v) is 2.11. The highest BCUT2D eigenvalue weighted by Gasteiger charge is 2.31. The van der Waals surface area contributed by atoms with Gasteiger partial charge in [-0.1, -0.05) is 17.7 Å². The second-order valence-corrected chi connectivity index (χ2v) is 4.76. The Kier molecular flexibility index (Phi) is 5.50. The Balaban J connectivity index is 3.00. The van der Waals surface area contributed by atoms with Crippen molar-refractivity contribution in [2.24, 2.45) is 0 Å². The van der Waals surface area contributed by atoms with Crippen LogP contribution in [-0.2, 0) is 0 Å². The summed E-state index contributed by atoms with van der Waals surface area (Å²) >= 11 is 6.10. The minimum atomic E-state index is -4.24. The number of benzene rings is 1. The topological polar surface area (TPSA) is 15.3 Å². The van der Waals surface area contributed by atoms with Gasteiger partial charge in [0.2, 0.25) is 0 Å². The third-order valence-corrected chi connectivity index (χ3v) is 3.30. The van der Waals surface area contributed by atoms with Gasteiger partial charge in [0, 0.05) is 12.6 Å². The molecule has 1 N–H and O–H groups in total. The molecule has 0 aliphatic heterocycles. The van der Waals surface area contributed by atoms with Crippen molar-refractivity contribution in [3.63, 3.8) is 0 Å². The summed E-state index contributed by atoms with van der Waals surface area (Å²) in [5.41, 5.74) is 1.35. The normalized spacial score (nSPS) is 13.4. The maximum Gasteiger partial charge on any atom is 0.405 e. The van der Waals surface area contributed by atoms with Crippen LogP contribution in [0.25, 0.3) is 0 Å². The average Bonchev–Trinajstić information content (AvgIpc) is 2.34. The first-order valence-corrected chi connectivity index (χ1v) is 6.44. The van der Waals surface area contributed by atoms with E-state index >= 15 is 0 Å². The van der Waals surface area contributed by atoms with Crippen LogP contribution in [0.3, 0.4) is 0 Å². The summed E-state index contributed by atoms with van der Waals surface area (Å²) in [4.78, 5) is 1.22. The van der Waals surface area contributed by atoms with E-state index in [0.717, 1.165) is 5.56 Å². The molecule has 0 saturated heterocycles. The van der Waals surface area contributed by atoms with Gasteiger partial charge in [-0.2, -0.15) is 13.2 Å². The van der Waals surface area contributed by atoms with Gasteiger partial charge in [0.1, 0.15) is 6.54 Å². The number of halogens is 4. The molecule has 0 spiro atoms. The van der Waals surface area contributed by atoms with E-state index < -0.39 is 12.7 Å². The monoisotopic (exact) mass is 294 g/mol. The molecule has 0 saturated carbocycles. The highest BCUT2D eigenvalue weighted by atomic mass is 35.5. The molecule has 0 aliphatic rings. The highest BCUT2D eigenvalue weighted by Crippen LogP contribution is 2.31. The van der Waals surface area contributed by atoms with E-state index in [2.05, 4.69) is 5.32 Å². The zero-order valence-corrected chi connectivity index (χ0v) is 11.9. The van der Waals surface area contributed by atoms with Crippen LogP contribution in [0.2, 0.25) is 5.02 Å². The van der Waals surface area contributed by atoms with Crippen LogP contribution in [-0.4, -0.2) is 26.3 Å². The van der Waals surface area contributed by atoms with Crippen molar-refractivity contribution in [1.29, 1.82) is 0 Å². The quantitative estimate of drug-likeness (QED) is 0.883. The van der Waals surface area contributed by atoms with Gasteiger partial charge in [-0.25, -0.2) is 0 Å². The van der Waals surface area contributed by atoms with Crippen LogP contribution >= 0.6 is 11.6 Å². The molecule has 1 atom stereocenters. The molecule has 19 heavy (non-hydrogen) atoms. The van der Waals surface area contributed by atoms with Gasteiger partial charge < -0.3 is 10.2 Å². The minimum absolute atomic E-state index is 0.101. The van der Waals surface area contributed by atoms with Crippen molar-refractivity contribution in [2.75, 3.05) is 25.0 Å². The largest absolute Gasteiger partial charge is 0.405 e. The minimum Gasteiger partial charge on any atom is -0.362 e. The second kappa shape index (κ2) is 6.48. The molecule has 1 rings (SSSR count). The number of hydrogen-bond donors (Lipinski definition) is 1. The second-order valence-electron chi connectivity index (χ2n) is 4.35. The van der Waals surface area contributed by atoms with Gasteiger partial charge in [0.25, 0.3) is 0 Å². The molecule has 0 heterocycles. The van der Waals surface area contributed by atoms with Crippen molar-refractivity contribution >= 4 is 17.3 Å². The van der Waals surface area contributed by atoms with E-state index in [4.69, 9.17) is 11.6 Å². The van der Waals surface area contributed by atoms with Gasteiger partial charge in [0.15, 0.2) is 0 Å². The molecule has 1 unspecified atom stereocenters. The Morgan fingerprint density at radius 2 is 2.00 bits per heavy atom. The summed E-state index contributed by atoms with van der Waals surface area (Å²) < 4.78 is 37.4. The Hall–Kier alpha value is -0.940. The lowest BCUT2D eigenvalue weighted by molar-refractivity contribution is -0.119. The van der Waals surface area contributed by atoms with Crippen molar-refractivity contribution in [3.8, 4) is 0 Å². The maximum absolute atomic E-state index is 12.5. The fourth-order valence-electron chi connectivity index (χ4n) is 1.80. The first kappa shape index (κ1) is 16.1. The van der Waals surface area contributed by atoms with E-state index in [1.54, 1.807) is 25.1 Å². The predicted octanol–water partition coefficient (Wildman–Crippen LogP) is 4.01. The third-order valence-electron chi connectivity index (χ3n) is 3.00. The fraction of sp³-hybridized carbons (Fsp3) is 0.538. The van der Waals surface area contributed by atoms with Crippen molar-refractivity contribution < 1.29 is 13.2 Å². The number of rotatable bonds is 5. The molecule has 0 bridgehead atoms.